The molecule has 4 atom stereocenters. The summed E-state index contributed by atoms with van der Waals surface area (Å²) in [4.78, 5) is 75.4. The lowest BCUT2D eigenvalue weighted by atomic mass is 10.0. The van der Waals surface area contributed by atoms with Crippen LogP contribution in [0.1, 0.15) is 46.0 Å². The number of carboxylic acid groups (broad SMARTS) is 2. The molecule has 0 spiro atoms. The SMILES string of the molecule is CC(C)C(NC(=O)C(CC(N)=O)NC(=O)C(CCCN=C(N)N)NC(=O)C(N)CCC(=O)O)C(=O)O. The maximum atomic E-state index is 13.0. The molecule has 0 aliphatic carbocycles. The highest BCUT2D eigenvalue weighted by Gasteiger charge is 2.32. The summed E-state index contributed by atoms with van der Waals surface area (Å²) in [5, 5.41) is 25.0. The van der Waals surface area contributed by atoms with E-state index in [9.17, 15) is 33.9 Å². The van der Waals surface area contributed by atoms with E-state index in [2.05, 4.69) is 20.9 Å². The number of carbonyl (C=O) groups excluding carboxylic acids is 4. The Hall–Kier alpha value is -3.95. The second-order valence-corrected chi connectivity index (χ2v) is 8.35. The Balaban J connectivity index is 5.62. The van der Waals surface area contributed by atoms with E-state index in [4.69, 9.17) is 28.0 Å². The van der Waals surface area contributed by atoms with Crippen molar-refractivity contribution in [2.75, 3.05) is 6.54 Å². The maximum Gasteiger partial charge on any atom is 0.326 e. The summed E-state index contributed by atoms with van der Waals surface area (Å²) in [5.74, 6) is -6.80. The number of carbonyl (C=O) groups is 6. The number of primary amides is 1. The first kappa shape index (κ1) is 32.0. The van der Waals surface area contributed by atoms with Crippen molar-refractivity contribution in [2.24, 2.45) is 33.8 Å². The van der Waals surface area contributed by atoms with Crippen LogP contribution in [0.2, 0.25) is 0 Å². The monoisotopic (exact) mass is 516 g/mol. The van der Waals surface area contributed by atoms with Gasteiger partial charge < -0.3 is 49.1 Å². The largest absolute Gasteiger partial charge is 0.481 e. The molecule has 0 heterocycles. The Labute approximate surface area is 207 Å². The van der Waals surface area contributed by atoms with Gasteiger partial charge in [0.15, 0.2) is 5.96 Å². The molecule has 16 nitrogen and oxygen atoms in total. The smallest absolute Gasteiger partial charge is 0.326 e. The Morgan fingerprint density at radius 1 is 0.833 bits per heavy atom. The standard InChI is InChI=1S/C20H36N8O8/c1-9(2)15(19(35)36)28-18(34)12(8-13(22)29)27-17(33)11(4-3-7-25-20(23)24)26-16(32)10(21)5-6-14(30)31/h9-12,15H,3-8,21H2,1-2H3,(H2,22,29)(H,26,32)(H,27,33)(H,28,34)(H,30,31)(H,35,36)(H4,23,24,25). The molecule has 0 rings (SSSR count). The fourth-order valence-corrected chi connectivity index (χ4v) is 2.91. The number of aliphatic imine (C=N–C) groups is 1. The molecular formula is C20H36N8O8. The molecule has 0 fully saturated rings. The van der Waals surface area contributed by atoms with Crippen molar-refractivity contribution in [3.8, 4) is 0 Å². The van der Waals surface area contributed by atoms with E-state index in [1.165, 1.54) is 0 Å². The van der Waals surface area contributed by atoms with Crippen molar-refractivity contribution < 1.29 is 39.0 Å². The molecule has 13 N–H and O–H groups in total. The first-order valence-electron chi connectivity index (χ1n) is 11.1. The summed E-state index contributed by atoms with van der Waals surface area (Å²) >= 11 is 0. The molecule has 36 heavy (non-hydrogen) atoms. The van der Waals surface area contributed by atoms with Crippen molar-refractivity contribution in [1.29, 1.82) is 0 Å². The molecule has 16 heteroatoms. The average molecular weight is 517 g/mol. The first-order chi connectivity index (χ1) is 16.6. The molecule has 0 radical (unpaired) electrons. The Morgan fingerprint density at radius 2 is 1.39 bits per heavy atom. The topological polar surface area (TPSA) is 295 Å². The zero-order chi connectivity index (χ0) is 28.0. The number of carboxylic acids is 2. The average Bonchev–Trinajstić information content (AvgIpc) is 2.75. The third kappa shape index (κ3) is 13.1. The van der Waals surface area contributed by atoms with Crippen molar-refractivity contribution in [1.82, 2.24) is 16.0 Å². The molecule has 4 unspecified atom stereocenters. The van der Waals surface area contributed by atoms with Crippen molar-refractivity contribution in [3.63, 3.8) is 0 Å². The van der Waals surface area contributed by atoms with Crippen LogP contribution in [-0.2, 0) is 28.8 Å². The Bertz CT molecular complexity index is 844. The summed E-state index contributed by atoms with van der Waals surface area (Å²) in [6.07, 6.45) is -1.02. The number of amides is 4. The van der Waals surface area contributed by atoms with Crippen molar-refractivity contribution in [2.45, 2.75) is 70.1 Å². The molecule has 0 aromatic heterocycles. The normalized spacial score (nSPS) is 14.0. The second-order valence-electron chi connectivity index (χ2n) is 8.35. The van der Waals surface area contributed by atoms with Gasteiger partial charge in [-0.2, -0.15) is 0 Å². The Morgan fingerprint density at radius 3 is 1.86 bits per heavy atom. The van der Waals surface area contributed by atoms with E-state index in [1.807, 2.05) is 0 Å². The van der Waals surface area contributed by atoms with E-state index in [-0.39, 0.29) is 38.2 Å². The number of rotatable bonds is 17. The third-order valence-electron chi connectivity index (χ3n) is 4.85. The number of guanidine groups is 1. The van der Waals surface area contributed by atoms with Crippen LogP contribution in [-0.4, -0.2) is 82.5 Å². The van der Waals surface area contributed by atoms with Gasteiger partial charge in [-0.15, -0.1) is 0 Å². The summed E-state index contributed by atoms with van der Waals surface area (Å²) in [6, 6.07) is -5.34. The van der Waals surface area contributed by atoms with Gasteiger partial charge in [-0.3, -0.25) is 29.0 Å². The molecule has 0 aromatic rings. The minimum Gasteiger partial charge on any atom is -0.481 e. The van der Waals surface area contributed by atoms with Gasteiger partial charge in [0.1, 0.15) is 18.1 Å². The predicted octanol–water partition coefficient (Wildman–Crippen LogP) is -3.70. The Kier molecular flexibility index (Phi) is 14.1. The molecule has 0 saturated carbocycles. The van der Waals surface area contributed by atoms with Gasteiger partial charge >= 0.3 is 11.9 Å². The summed E-state index contributed by atoms with van der Waals surface area (Å²) < 4.78 is 0. The van der Waals surface area contributed by atoms with Crippen LogP contribution in [0.25, 0.3) is 0 Å². The highest BCUT2D eigenvalue weighted by molar-refractivity contribution is 5.96. The molecule has 0 aromatic carbocycles. The quantitative estimate of drug-likeness (QED) is 0.0514. The summed E-state index contributed by atoms with van der Waals surface area (Å²) in [7, 11) is 0. The van der Waals surface area contributed by atoms with Gasteiger partial charge in [0.2, 0.25) is 23.6 Å². The lowest BCUT2D eigenvalue weighted by molar-refractivity contribution is -0.143. The molecule has 4 amide bonds. The van der Waals surface area contributed by atoms with E-state index in [0.717, 1.165) is 0 Å². The van der Waals surface area contributed by atoms with Crippen LogP contribution < -0.4 is 38.9 Å². The van der Waals surface area contributed by atoms with Crippen LogP contribution in [0.4, 0.5) is 0 Å². The van der Waals surface area contributed by atoms with Crippen LogP contribution >= 0.6 is 0 Å². The van der Waals surface area contributed by atoms with Gasteiger partial charge in [0, 0.05) is 13.0 Å². The highest BCUT2D eigenvalue weighted by atomic mass is 16.4. The van der Waals surface area contributed by atoms with E-state index in [1.54, 1.807) is 13.8 Å². The van der Waals surface area contributed by atoms with E-state index < -0.39 is 72.1 Å². The number of nitrogens with two attached hydrogens (primary N) is 4. The maximum absolute atomic E-state index is 13.0. The lowest BCUT2D eigenvalue weighted by Crippen LogP contribution is -2.58. The van der Waals surface area contributed by atoms with Crippen LogP contribution in [0.5, 0.6) is 0 Å². The number of nitrogens with one attached hydrogen (secondary N) is 3. The van der Waals surface area contributed by atoms with Gasteiger partial charge in [-0.05, 0) is 25.2 Å². The fourth-order valence-electron chi connectivity index (χ4n) is 2.91. The van der Waals surface area contributed by atoms with Gasteiger partial charge in [0.25, 0.3) is 0 Å². The molecule has 0 bridgehead atoms. The second kappa shape index (κ2) is 15.9. The van der Waals surface area contributed by atoms with Gasteiger partial charge in [0.05, 0.1) is 12.5 Å². The number of hydrogen-bond donors (Lipinski definition) is 9. The first-order valence-corrected chi connectivity index (χ1v) is 11.1. The van der Waals surface area contributed by atoms with E-state index in [0.29, 0.717) is 0 Å². The summed E-state index contributed by atoms with van der Waals surface area (Å²) in [6.45, 7) is 3.21. The minimum absolute atomic E-state index is 0.0192. The zero-order valence-corrected chi connectivity index (χ0v) is 20.2. The molecule has 0 aliphatic heterocycles. The van der Waals surface area contributed by atoms with Crippen LogP contribution in [0, 0.1) is 5.92 Å². The van der Waals surface area contributed by atoms with Crippen molar-refractivity contribution in [3.05, 3.63) is 0 Å². The van der Waals surface area contributed by atoms with Crippen LogP contribution in [0.15, 0.2) is 4.99 Å². The van der Waals surface area contributed by atoms with E-state index >= 15 is 0 Å². The zero-order valence-electron chi connectivity index (χ0n) is 20.2. The lowest BCUT2D eigenvalue weighted by Gasteiger charge is -2.25. The number of hydrogen-bond acceptors (Lipinski definition) is 8. The van der Waals surface area contributed by atoms with Gasteiger partial charge in [-0.25, -0.2) is 4.79 Å². The third-order valence-corrected chi connectivity index (χ3v) is 4.85. The van der Waals surface area contributed by atoms with Gasteiger partial charge in [-0.1, -0.05) is 13.8 Å². The predicted molar refractivity (Wildman–Crippen MR) is 127 cm³/mol. The number of nitrogens with zero attached hydrogens (tertiary/aromatic N) is 1. The molecule has 0 saturated heterocycles. The molecule has 0 aliphatic rings. The van der Waals surface area contributed by atoms with Crippen molar-refractivity contribution >= 4 is 41.5 Å². The minimum atomic E-state index is -1.53. The summed E-state index contributed by atoms with van der Waals surface area (Å²) in [5.41, 5.74) is 21.4. The number of aliphatic carboxylic acids is 2. The molecular weight excluding hydrogens is 480 g/mol. The highest BCUT2D eigenvalue weighted by Crippen LogP contribution is 2.06. The molecule has 204 valence electrons. The fraction of sp³-hybridized carbons (Fsp3) is 0.650. The van der Waals surface area contributed by atoms with Crippen LogP contribution in [0.3, 0.4) is 0 Å².